The van der Waals surface area contributed by atoms with Gasteiger partial charge in [-0.15, -0.1) is 0 Å². The summed E-state index contributed by atoms with van der Waals surface area (Å²) in [6.45, 7) is 13.2. The number of hydrogen-bond donors (Lipinski definition) is 2. The Labute approximate surface area is 146 Å². The molecule has 24 heavy (non-hydrogen) atoms. The zero-order valence-electron chi connectivity index (χ0n) is 16.1. The van der Waals surface area contributed by atoms with Gasteiger partial charge in [0.05, 0.1) is 0 Å². The number of aryl methyl sites for hydroxylation is 2. The lowest BCUT2D eigenvalue weighted by molar-refractivity contribution is -0.123. The van der Waals surface area contributed by atoms with E-state index in [-0.39, 0.29) is 17.5 Å². The summed E-state index contributed by atoms with van der Waals surface area (Å²) in [7, 11) is 0. The summed E-state index contributed by atoms with van der Waals surface area (Å²) in [5.74, 6) is 5.91. The number of unbranched alkanes of at least 4 members (excludes halogenated alkanes) is 1. The normalized spacial score (nSPS) is 20.5. The number of rotatable bonds is 5. The fourth-order valence-electron chi connectivity index (χ4n) is 4.17. The summed E-state index contributed by atoms with van der Waals surface area (Å²) in [4.78, 5) is 14.9. The predicted octanol–water partition coefficient (Wildman–Crippen LogP) is 3.94. The molecule has 0 spiro atoms. The standard InChI is InChI=1S/C20H33N3O/c1-7-8-9-17(19(24)22-21)23-18-11-14(3)13(2)10-16(18)15(4)12-20(23,5)6/h10-11,15,17H,7-9,12,21H2,1-6H3,(H,22,24). The molecule has 0 radical (unpaired) electrons. The van der Waals surface area contributed by atoms with Crippen molar-refractivity contribution in [3.63, 3.8) is 0 Å². The molecule has 2 rings (SSSR count). The molecule has 2 atom stereocenters. The monoisotopic (exact) mass is 331 g/mol. The van der Waals surface area contributed by atoms with Crippen molar-refractivity contribution in [3.8, 4) is 0 Å². The minimum absolute atomic E-state index is 0.0843. The number of nitrogens with two attached hydrogens (primary N) is 1. The second kappa shape index (κ2) is 7.14. The number of nitrogens with one attached hydrogen (secondary N) is 1. The van der Waals surface area contributed by atoms with Gasteiger partial charge < -0.3 is 4.90 Å². The minimum Gasteiger partial charge on any atom is -0.354 e. The van der Waals surface area contributed by atoms with E-state index in [0.717, 1.165) is 25.7 Å². The van der Waals surface area contributed by atoms with Gasteiger partial charge in [0, 0.05) is 11.2 Å². The Morgan fingerprint density at radius 1 is 1.38 bits per heavy atom. The molecule has 1 heterocycles. The van der Waals surface area contributed by atoms with E-state index in [0.29, 0.717) is 5.92 Å². The van der Waals surface area contributed by atoms with Gasteiger partial charge in [0.25, 0.3) is 5.91 Å². The van der Waals surface area contributed by atoms with Crippen LogP contribution in [0.1, 0.15) is 76.0 Å². The summed E-state index contributed by atoms with van der Waals surface area (Å²) in [5.41, 5.74) is 7.45. The highest BCUT2D eigenvalue weighted by atomic mass is 16.2. The number of amides is 1. The van der Waals surface area contributed by atoms with E-state index >= 15 is 0 Å². The fraction of sp³-hybridized carbons (Fsp3) is 0.650. The molecule has 0 saturated heterocycles. The van der Waals surface area contributed by atoms with Crippen LogP contribution in [-0.4, -0.2) is 17.5 Å². The van der Waals surface area contributed by atoms with Crippen molar-refractivity contribution in [2.75, 3.05) is 4.90 Å². The van der Waals surface area contributed by atoms with Crippen LogP contribution in [-0.2, 0) is 4.79 Å². The van der Waals surface area contributed by atoms with Gasteiger partial charge in [-0.25, -0.2) is 5.84 Å². The summed E-state index contributed by atoms with van der Waals surface area (Å²) in [5, 5.41) is 0. The first kappa shape index (κ1) is 18.8. The van der Waals surface area contributed by atoms with E-state index < -0.39 is 0 Å². The number of hydrazine groups is 1. The Kier molecular flexibility index (Phi) is 5.59. The van der Waals surface area contributed by atoms with Crippen molar-refractivity contribution >= 4 is 11.6 Å². The van der Waals surface area contributed by atoms with Gasteiger partial charge in [-0.3, -0.25) is 10.2 Å². The molecule has 1 aromatic carbocycles. The smallest absolute Gasteiger partial charge is 0.256 e. The second-order valence-corrected chi connectivity index (χ2v) is 7.95. The number of nitrogens with zero attached hydrogens (tertiary/aromatic N) is 1. The molecule has 1 aliphatic rings. The summed E-state index contributed by atoms with van der Waals surface area (Å²) in [6, 6.07) is 4.33. The van der Waals surface area contributed by atoms with Gasteiger partial charge in [0.2, 0.25) is 0 Å². The van der Waals surface area contributed by atoms with Crippen molar-refractivity contribution in [3.05, 3.63) is 28.8 Å². The topological polar surface area (TPSA) is 58.4 Å². The molecule has 3 N–H and O–H groups in total. The molecular formula is C20H33N3O. The van der Waals surface area contributed by atoms with Gasteiger partial charge in [-0.2, -0.15) is 0 Å². The molecule has 2 unspecified atom stereocenters. The lowest BCUT2D eigenvalue weighted by Crippen LogP contribution is -2.59. The molecule has 1 amide bonds. The van der Waals surface area contributed by atoms with E-state index in [9.17, 15) is 4.79 Å². The number of carbonyl (C=O) groups excluding carboxylic acids is 1. The molecule has 0 aromatic heterocycles. The zero-order valence-corrected chi connectivity index (χ0v) is 16.1. The second-order valence-electron chi connectivity index (χ2n) is 7.95. The zero-order chi connectivity index (χ0) is 18.1. The van der Waals surface area contributed by atoms with Crippen LogP contribution in [0.5, 0.6) is 0 Å². The molecule has 1 aliphatic heterocycles. The van der Waals surface area contributed by atoms with Crippen molar-refractivity contribution < 1.29 is 4.79 Å². The Hall–Kier alpha value is -1.55. The molecule has 0 saturated carbocycles. The Morgan fingerprint density at radius 2 is 2.00 bits per heavy atom. The molecule has 4 nitrogen and oxygen atoms in total. The van der Waals surface area contributed by atoms with Gasteiger partial charge in [-0.05, 0) is 69.2 Å². The molecule has 134 valence electrons. The fourth-order valence-corrected chi connectivity index (χ4v) is 4.17. The number of hydrogen-bond acceptors (Lipinski definition) is 3. The summed E-state index contributed by atoms with van der Waals surface area (Å²) in [6.07, 6.45) is 3.94. The van der Waals surface area contributed by atoms with Crippen LogP contribution in [0.3, 0.4) is 0 Å². The molecule has 0 fully saturated rings. The quantitative estimate of drug-likeness (QED) is 0.488. The summed E-state index contributed by atoms with van der Waals surface area (Å²) >= 11 is 0. The molecule has 0 aliphatic carbocycles. The Balaban J connectivity index is 2.58. The molecule has 4 heteroatoms. The lowest BCUT2D eigenvalue weighted by atomic mass is 9.77. The van der Waals surface area contributed by atoms with Crippen molar-refractivity contribution in [1.82, 2.24) is 5.43 Å². The van der Waals surface area contributed by atoms with Crippen LogP contribution < -0.4 is 16.2 Å². The minimum atomic E-state index is -0.224. The number of anilines is 1. The first-order chi connectivity index (χ1) is 11.2. The highest BCUT2D eigenvalue weighted by Crippen LogP contribution is 2.45. The molecule has 1 aromatic rings. The number of benzene rings is 1. The maximum Gasteiger partial charge on any atom is 0.256 e. The Morgan fingerprint density at radius 3 is 2.58 bits per heavy atom. The number of carbonyl (C=O) groups is 1. The summed E-state index contributed by atoms with van der Waals surface area (Å²) < 4.78 is 0. The van der Waals surface area contributed by atoms with Crippen LogP contribution in [0, 0.1) is 13.8 Å². The van der Waals surface area contributed by atoms with Crippen molar-refractivity contribution in [2.24, 2.45) is 5.84 Å². The average molecular weight is 332 g/mol. The van der Waals surface area contributed by atoms with Gasteiger partial charge in [0.1, 0.15) is 6.04 Å². The van der Waals surface area contributed by atoms with Gasteiger partial charge in [0.15, 0.2) is 0 Å². The van der Waals surface area contributed by atoms with Gasteiger partial charge in [-0.1, -0.05) is 32.8 Å². The number of fused-ring (bicyclic) bond motifs is 1. The first-order valence-electron chi connectivity index (χ1n) is 9.13. The van der Waals surface area contributed by atoms with E-state index in [1.165, 1.54) is 22.4 Å². The van der Waals surface area contributed by atoms with Crippen LogP contribution in [0.2, 0.25) is 0 Å². The van der Waals surface area contributed by atoms with Gasteiger partial charge >= 0.3 is 0 Å². The largest absolute Gasteiger partial charge is 0.354 e. The lowest BCUT2D eigenvalue weighted by Gasteiger charge is -2.51. The van der Waals surface area contributed by atoms with E-state index in [1.807, 2.05) is 0 Å². The van der Waals surface area contributed by atoms with Crippen molar-refractivity contribution in [2.45, 2.75) is 84.7 Å². The third-order valence-electron chi connectivity index (χ3n) is 5.48. The maximum absolute atomic E-state index is 12.6. The van der Waals surface area contributed by atoms with E-state index in [1.54, 1.807) is 0 Å². The third kappa shape index (κ3) is 3.44. The predicted molar refractivity (Wildman–Crippen MR) is 101 cm³/mol. The van der Waals surface area contributed by atoms with Crippen molar-refractivity contribution in [1.29, 1.82) is 0 Å². The molecule has 0 bridgehead atoms. The van der Waals surface area contributed by atoms with Crippen LogP contribution in [0.15, 0.2) is 12.1 Å². The average Bonchev–Trinajstić information content (AvgIpc) is 2.51. The van der Waals surface area contributed by atoms with Crippen LogP contribution in [0.4, 0.5) is 5.69 Å². The Bertz CT molecular complexity index is 609. The van der Waals surface area contributed by atoms with E-state index in [2.05, 4.69) is 64.0 Å². The SMILES string of the molecule is CCCCC(C(=O)NN)N1c2cc(C)c(C)cc2C(C)CC1(C)C. The van der Waals surface area contributed by atoms with E-state index in [4.69, 9.17) is 5.84 Å². The molecular weight excluding hydrogens is 298 g/mol. The van der Waals surface area contributed by atoms with Crippen LogP contribution in [0.25, 0.3) is 0 Å². The highest BCUT2D eigenvalue weighted by Gasteiger charge is 2.42. The third-order valence-corrected chi connectivity index (χ3v) is 5.48. The first-order valence-corrected chi connectivity index (χ1v) is 9.13. The van der Waals surface area contributed by atoms with Crippen LogP contribution >= 0.6 is 0 Å². The highest BCUT2D eigenvalue weighted by molar-refractivity contribution is 5.86. The maximum atomic E-state index is 12.6.